The summed E-state index contributed by atoms with van der Waals surface area (Å²) in [7, 11) is 3.14. The molecule has 0 unspecified atom stereocenters. The van der Waals surface area contributed by atoms with E-state index in [1.54, 1.807) is 28.8 Å². The number of piperidine rings is 1. The Morgan fingerprint density at radius 3 is 2.66 bits per heavy atom. The van der Waals surface area contributed by atoms with Crippen molar-refractivity contribution < 1.29 is 13.9 Å². The van der Waals surface area contributed by atoms with E-state index in [1.165, 1.54) is 19.2 Å². The number of guanidine groups is 1. The molecule has 0 radical (unpaired) electrons. The standard InChI is InChI=1S/C20H27FN6O2/c1-22-19(24-16-8-12-26(13-9-16)20(28)29-2)23-11-7-17-10-14-27(25-17)18-5-3-15(21)4-6-18/h3-6,10,14,16H,7-9,11-13H2,1-2H3,(H2,22,23,24). The van der Waals surface area contributed by atoms with Gasteiger partial charge in [-0.25, -0.2) is 13.9 Å². The molecule has 29 heavy (non-hydrogen) atoms. The number of ether oxygens (including phenoxy) is 1. The largest absolute Gasteiger partial charge is 0.453 e. The topological polar surface area (TPSA) is 83.8 Å². The predicted molar refractivity (Wildman–Crippen MR) is 109 cm³/mol. The maximum absolute atomic E-state index is 13.0. The van der Waals surface area contributed by atoms with Gasteiger partial charge in [-0.15, -0.1) is 0 Å². The number of halogens is 1. The van der Waals surface area contributed by atoms with Crippen LogP contribution in [0.5, 0.6) is 0 Å². The van der Waals surface area contributed by atoms with Crippen molar-refractivity contribution in [1.82, 2.24) is 25.3 Å². The van der Waals surface area contributed by atoms with Gasteiger partial charge in [0.1, 0.15) is 5.82 Å². The number of amides is 1. The number of nitrogens with one attached hydrogen (secondary N) is 2. The molecule has 9 heteroatoms. The molecule has 2 aromatic rings. The zero-order chi connectivity index (χ0) is 20.6. The number of carbonyl (C=O) groups is 1. The van der Waals surface area contributed by atoms with E-state index in [-0.39, 0.29) is 18.0 Å². The highest BCUT2D eigenvalue weighted by Crippen LogP contribution is 2.11. The van der Waals surface area contributed by atoms with Gasteiger partial charge in [-0.05, 0) is 43.2 Å². The van der Waals surface area contributed by atoms with E-state index >= 15 is 0 Å². The van der Waals surface area contributed by atoms with E-state index in [2.05, 4.69) is 20.7 Å². The van der Waals surface area contributed by atoms with Crippen LogP contribution in [0, 0.1) is 5.82 Å². The Labute approximate surface area is 169 Å². The van der Waals surface area contributed by atoms with Gasteiger partial charge in [0.25, 0.3) is 0 Å². The second-order valence-electron chi connectivity index (χ2n) is 6.85. The van der Waals surface area contributed by atoms with Crippen molar-refractivity contribution in [3.05, 3.63) is 48.0 Å². The molecule has 1 amide bonds. The number of aliphatic imine (C=N–C) groups is 1. The molecule has 0 atom stereocenters. The van der Waals surface area contributed by atoms with Gasteiger partial charge in [0.05, 0.1) is 18.5 Å². The number of carbonyl (C=O) groups excluding carboxylic acids is 1. The second kappa shape index (κ2) is 9.90. The molecule has 8 nitrogen and oxygen atoms in total. The van der Waals surface area contributed by atoms with E-state index in [1.807, 2.05) is 12.3 Å². The van der Waals surface area contributed by atoms with Gasteiger partial charge in [-0.1, -0.05) is 0 Å². The van der Waals surface area contributed by atoms with Crippen LogP contribution in [-0.4, -0.2) is 66.6 Å². The molecule has 0 bridgehead atoms. The number of hydrogen-bond donors (Lipinski definition) is 2. The Kier molecular flexibility index (Phi) is 7.04. The van der Waals surface area contributed by atoms with Crippen LogP contribution in [0.25, 0.3) is 5.69 Å². The minimum absolute atomic E-state index is 0.264. The predicted octanol–water partition coefficient (Wildman–Crippen LogP) is 1.95. The molecular weight excluding hydrogens is 375 g/mol. The van der Waals surface area contributed by atoms with Gasteiger partial charge < -0.3 is 20.3 Å². The number of likely N-dealkylation sites (tertiary alicyclic amines) is 1. The van der Waals surface area contributed by atoms with Crippen molar-refractivity contribution in [3.8, 4) is 5.69 Å². The van der Waals surface area contributed by atoms with Crippen LogP contribution in [0.1, 0.15) is 18.5 Å². The molecule has 1 saturated heterocycles. The lowest BCUT2D eigenvalue weighted by Crippen LogP contribution is -2.50. The van der Waals surface area contributed by atoms with Gasteiger partial charge in [0.15, 0.2) is 5.96 Å². The van der Waals surface area contributed by atoms with Crippen LogP contribution in [0.15, 0.2) is 41.5 Å². The first-order chi connectivity index (χ1) is 14.1. The van der Waals surface area contributed by atoms with Crippen molar-refractivity contribution in [1.29, 1.82) is 0 Å². The highest BCUT2D eigenvalue weighted by molar-refractivity contribution is 5.80. The number of methoxy groups -OCH3 is 1. The Bertz CT molecular complexity index is 828. The number of benzene rings is 1. The third kappa shape index (κ3) is 5.69. The molecule has 1 aliphatic rings. The first-order valence-electron chi connectivity index (χ1n) is 9.69. The van der Waals surface area contributed by atoms with E-state index in [4.69, 9.17) is 4.74 Å². The highest BCUT2D eigenvalue weighted by atomic mass is 19.1. The van der Waals surface area contributed by atoms with Crippen LogP contribution in [-0.2, 0) is 11.2 Å². The molecule has 0 aliphatic carbocycles. The fraction of sp³-hybridized carbons (Fsp3) is 0.450. The van der Waals surface area contributed by atoms with Crippen molar-refractivity contribution in [2.45, 2.75) is 25.3 Å². The fourth-order valence-corrected chi connectivity index (χ4v) is 3.27. The van der Waals surface area contributed by atoms with Crippen LogP contribution in [0.2, 0.25) is 0 Å². The third-order valence-electron chi connectivity index (χ3n) is 4.90. The van der Waals surface area contributed by atoms with Crippen LogP contribution in [0.4, 0.5) is 9.18 Å². The first-order valence-corrected chi connectivity index (χ1v) is 9.69. The summed E-state index contributed by atoms with van der Waals surface area (Å²) >= 11 is 0. The van der Waals surface area contributed by atoms with Crippen LogP contribution in [0.3, 0.4) is 0 Å². The number of aromatic nitrogens is 2. The molecule has 156 valence electrons. The molecular formula is C20H27FN6O2. The maximum atomic E-state index is 13.0. The van der Waals surface area contributed by atoms with Gasteiger partial charge in [0, 0.05) is 45.3 Å². The molecule has 0 spiro atoms. The van der Waals surface area contributed by atoms with E-state index in [9.17, 15) is 9.18 Å². The van der Waals surface area contributed by atoms with Gasteiger partial charge >= 0.3 is 6.09 Å². The van der Waals surface area contributed by atoms with Crippen molar-refractivity contribution >= 4 is 12.1 Å². The van der Waals surface area contributed by atoms with Gasteiger partial charge in [-0.2, -0.15) is 5.10 Å². The number of hydrogen-bond acceptors (Lipinski definition) is 4. The van der Waals surface area contributed by atoms with Crippen molar-refractivity contribution in [3.63, 3.8) is 0 Å². The SMILES string of the molecule is CN=C(NCCc1ccn(-c2ccc(F)cc2)n1)NC1CCN(C(=O)OC)CC1. The van der Waals surface area contributed by atoms with Gasteiger partial charge in [0.2, 0.25) is 0 Å². The molecule has 1 aromatic heterocycles. The van der Waals surface area contributed by atoms with E-state index < -0.39 is 0 Å². The minimum Gasteiger partial charge on any atom is -0.453 e. The van der Waals surface area contributed by atoms with Crippen molar-refractivity contribution in [2.24, 2.45) is 4.99 Å². The van der Waals surface area contributed by atoms with Crippen LogP contribution < -0.4 is 10.6 Å². The summed E-state index contributed by atoms with van der Waals surface area (Å²) in [5.74, 6) is 0.472. The summed E-state index contributed by atoms with van der Waals surface area (Å²) < 4.78 is 19.5. The zero-order valence-corrected chi connectivity index (χ0v) is 16.8. The molecule has 2 N–H and O–H groups in total. The molecule has 1 aromatic carbocycles. The Morgan fingerprint density at radius 1 is 1.28 bits per heavy atom. The summed E-state index contributed by atoms with van der Waals surface area (Å²) in [6, 6.07) is 8.44. The average molecular weight is 402 g/mol. The van der Waals surface area contributed by atoms with Gasteiger partial charge in [-0.3, -0.25) is 4.99 Å². The average Bonchev–Trinajstić information content (AvgIpc) is 3.22. The summed E-state index contributed by atoms with van der Waals surface area (Å²) in [6.07, 6.45) is 4.02. The Balaban J connectivity index is 1.43. The van der Waals surface area contributed by atoms with E-state index in [0.29, 0.717) is 19.6 Å². The highest BCUT2D eigenvalue weighted by Gasteiger charge is 2.23. The molecule has 1 aliphatic heterocycles. The van der Waals surface area contributed by atoms with Crippen LogP contribution >= 0.6 is 0 Å². The molecule has 0 saturated carbocycles. The minimum atomic E-state index is -0.272. The summed E-state index contributed by atoms with van der Waals surface area (Å²) in [6.45, 7) is 2.02. The lowest BCUT2D eigenvalue weighted by molar-refractivity contribution is 0.111. The lowest BCUT2D eigenvalue weighted by Gasteiger charge is -2.32. The molecule has 3 rings (SSSR count). The quantitative estimate of drug-likeness (QED) is 0.590. The number of nitrogens with zero attached hydrogens (tertiary/aromatic N) is 4. The molecule has 2 heterocycles. The van der Waals surface area contributed by atoms with Crippen molar-refractivity contribution in [2.75, 3.05) is 33.8 Å². The fourth-order valence-electron chi connectivity index (χ4n) is 3.27. The smallest absolute Gasteiger partial charge is 0.409 e. The first kappa shape index (κ1) is 20.6. The number of rotatable bonds is 5. The Morgan fingerprint density at radius 2 is 2.00 bits per heavy atom. The second-order valence-corrected chi connectivity index (χ2v) is 6.85. The normalized spacial score (nSPS) is 15.3. The zero-order valence-electron chi connectivity index (χ0n) is 16.8. The third-order valence-corrected chi connectivity index (χ3v) is 4.90. The summed E-state index contributed by atoms with van der Waals surface area (Å²) in [4.78, 5) is 17.5. The summed E-state index contributed by atoms with van der Waals surface area (Å²) in [5.41, 5.74) is 1.75. The summed E-state index contributed by atoms with van der Waals surface area (Å²) in [5, 5.41) is 11.2. The maximum Gasteiger partial charge on any atom is 0.409 e. The Hall–Kier alpha value is -3.10. The molecule has 1 fully saturated rings. The monoisotopic (exact) mass is 402 g/mol. The van der Waals surface area contributed by atoms with E-state index in [0.717, 1.165) is 36.6 Å². The lowest BCUT2D eigenvalue weighted by atomic mass is 10.1.